The van der Waals surface area contributed by atoms with Crippen LogP contribution in [-0.4, -0.2) is 32.9 Å². The predicted octanol–water partition coefficient (Wildman–Crippen LogP) is 4.46. The Kier molecular flexibility index (Phi) is 7.17. The topological polar surface area (TPSA) is 65.4 Å². The molecule has 0 fully saturated rings. The number of esters is 1. The van der Waals surface area contributed by atoms with Crippen LogP contribution in [-0.2, 0) is 22.1 Å². The van der Waals surface area contributed by atoms with Gasteiger partial charge in [0.05, 0.1) is 21.3 Å². The second-order valence-electron chi connectivity index (χ2n) is 7.13. The van der Waals surface area contributed by atoms with Crippen molar-refractivity contribution in [3.05, 3.63) is 88.5 Å². The molecule has 162 valence electrons. The number of halogens is 1. The first kappa shape index (κ1) is 22.6. The van der Waals surface area contributed by atoms with Crippen molar-refractivity contribution in [3.8, 4) is 0 Å². The smallest absolute Gasteiger partial charge is 0.339 e. The van der Waals surface area contributed by atoms with E-state index in [1.807, 2.05) is 18.4 Å². The number of benzene rings is 2. The number of aryl methyl sites for hydroxylation is 1. The molecule has 0 saturated heterocycles. The van der Waals surface area contributed by atoms with Crippen LogP contribution in [0.1, 0.15) is 44.6 Å². The maximum Gasteiger partial charge on any atom is 0.339 e. The second-order valence-corrected chi connectivity index (χ2v) is 8.84. The van der Waals surface area contributed by atoms with Gasteiger partial charge in [-0.05, 0) is 49.7 Å². The molecule has 31 heavy (non-hydrogen) atoms. The summed E-state index contributed by atoms with van der Waals surface area (Å²) in [5, 5.41) is 0. The van der Waals surface area contributed by atoms with E-state index in [1.165, 1.54) is 12.1 Å². The summed E-state index contributed by atoms with van der Waals surface area (Å²) in [4.78, 5) is 25.6. The van der Waals surface area contributed by atoms with E-state index in [9.17, 15) is 18.2 Å². The Morgan fingerprint density at radius 3 is 2.39 bits per heavy atom. The van der Waals surface area contributed by atoms with Gasteiger partial charge in [0.2, 0.25) is 5.78 Å². The van der Waals surface area contributed by atoms with Crippen molar-refractivity contribution in [1.82, 2.24) is 4.57 Å². The monoisotopic (exact) mass is 441 g/mol. The standard InChI is InChI=1S/C24H24FNO4S/c1-4-31(29)23-8-6-5-7-20(23)24(28)30-15-22(27)21-13-16(2)26(17(21)3)14-18-9-11-19(25)12-10-18/h5-13H,4,14-15H2,1-3H3. The van der Waals surface area contributed by atoms with E-state index in [1.54, 1.807) is 49.4 Å². The summed E-state index contributed by atoms with van der Waals surface area (Å²) in [5.74, 6) is -0.915. The molecular formula is C24H24FNO4S. The molecule has 3 rings (SSSR count). The minimum absolute atomic E-state index is 0.206. The average Bonchev–Trinajstić information content (AvgIpc) is 3.06. The number of carbonyl (C=O) groups excluding carboxylic acids is 2. The number of aromatic nitrogens is 1. The van der Waals surface area contributed by atoms with E-state index in [-0.39, 0.29) is 17.2 Å². The molecule has 1 heterocycles. The molecule has 0 N–H and O–H groups in total. The van der Waals surface area contributed by atoms with Crippen molar-refractivity contribution in [2.24, 2.45) is 0 Å². The third-order valence-corrected chi connectivity index (χ3v) is 6.45. The Balaban J connectivity index is 1.72. The highest BCUT2D eigenvalue weighted by atomic mass is 32.2. The van der Waals surface area contributed by atoms with Crippen LogP contribution in [0.3, 0.4) is 0 Å². The molecule has 0 bridgehead atoms. The van der Waals surface area contributed by atoms with E-state index in [4.69, 9.17) is 4.74 Å². The fraction of sp³-hybridized carbons (Fsp3) is 0.250. The van der Waals surface area contributed by atoms with Crippen LogP contribution >= 0.6 is 0 Å². The van der Waals surface area contributed by atoms with Crippen molar-refractivity contribution >= 4 is 22.6 Å². The van der Waals surface area contributed by atoms with E-state index in [0.717, 1.165) is 17.0 Å². The number of carbonyl (C=O) groups is 2. The van der Waals surface area contributed by atoms with Crippen LogP contribution in [0.15, 0.2) is 59.5 Å². The molecule has 0 aliphatic rings. The number of Topliss-reactive ketones (excluding diaryl/α,β-unsaturated/α-hetero) is 1. The lowest BCUT2D eigenvalue weighted by Gasteiger charge is -2.10. The van der Waals surface area contributed by atoms with Gasteiger partial charge in [0.15, 0.2) is 6.61 Å². The Morgan fingerprint density at radius 2 is 1.71 bits per heavy atom. The number of ether oxygens (including phenoxy) is 1. The highest BCUT2D eigenvalue weighted by Gasteiger charge is 2.20. The van der Waals surface area contributed by atoms with Gasteiger partial charge in [0, 0.05) is 29.2 Å². The lowest BCUT2D eigenvalue weighted by atomic mass is 10.1. The second kappa shape index (κ2) is 9.83. The predicted molar refractivity (Wildman–Crippen MR) is 117 cm³/mol. The minimum Gasteiger partial charge on any atom is -0.454 e. The zero-order valence-corrected chi connectivity index (χ0v) is 18.5. The molecule has 3 aromatic rings. The SMILES string of the molecule is CCS(=O)c1ccccc1C(=O)OCC(=O)c1cc(C)n(Cc2ccc(F)cc2)c1C. The van der Waals surface area contributed by atoms with Crippen LogP contribution in [0.2, 0.25) is 0 Å². The Hall–Kier alpha value is -3.06. The first-order valence-electron chi connectivity index (χ1n) is 9.90. The number of rotatable bonds is 8. The summed E-state index contributed by atoms with van der Waals surface area (Å²) < 4.78 is 32.5. The largest absolute Gasteiger partial charge is 0.454 e. The molecular weight excluding hydrogens is 417 g/mol. The number of ketones is 1. The fourth-order valence-electron chi connectivity index (χ4n) is 3.38. The van der Waals surface area contributed by atoms with Gasteiger partial charge in [-0.3, -0.25) is 9.00 Å². The Bertz CT molecular complexity index is 1130. The molecule has 0 aliphatic heterocycles. The van der Waals surface area contributed by atoms with Gasteiger partial charge in [-0.1, -0.05) is 31.2 Å². The van der Waals surface area contributed by atoms with E-state index >= 15 is 0 Å². The Morgan fingerprint density at radius 1 is 1.03 bits per heavy atom. The van der Waals surface area contributed by atoms with Gasteiger partial charge in [-0.25, -0.2) is 9.18 Å². The molecule has 1 unspecified atom stereocenters. The average molecular weight is 442 g/mol. The highest BCUT2D eigenvalue weighted by Crippen LogP contribution is 2.19. The van der Waals surface area contributed by atoms with Crippen molar-refractivity contribution in [2.75, 3.05) is 12.4 Å². The summed E-state index contributed by atoms with van der Waals surface area (Å²) in [5.41, 5.74) is 3.21. The molecule has 7 heteroatoms. The third kappa shape index (κ3) is 5.17. The number of nitrogens with zero attached hydrogens (tertiary/aromatic N) is 1. The molecule has 1 aromatic heterocycles. The maximum atomic E-state index is 13.1. The number of hydrogen-bond acceptors (Lipinski definition) is 4. The fourth-order valence-corrected chi connectivity index (χ4v) is 4.31. The zero-order chi connectivity index (χ0) is 22.5. The van der Waals surface area contributed by atoms with Crippen LogP contribution < -0.4 is 0 Å². The number of hydrogen-bond donors (Lipinski definition) is 0. The van der Waals surface area contributed by atoms with Crippen molar-refractivity contribution in [2.45, 2.75) is 32.2 Å². The quantitative estimate of drug-likeness (QED) is 0.382. The van der Waals surface area contributed by atoms with Crippen LogP contribution in [0.4, 0.5) is 4.39 Å². The van der Waals surface area contributed by atoms with Crippen LogP contribution in [0, 0.1) is 19.7 Å². The normalized spacial score (nSPS) is 11.9. The van der Waals surface area contributed by atoms with Crippen LogP contribution in [0.5, 0.6) is 0 Å². The lowest BCUT2D eigenvalue weighted by Crippen LogP contribution is -2.16. The summed E-state index contributed by atoms with van der Waals surface area (Å²) in [6, 6.07) is 14.5. The van der Waals surface area contributed by atoms with Gasteiger partial charge in [-0.15, -0.1) is 0 Å². The molecule has 1 atom stereocenters. The van der Waals surface area contributed by atoms with Gasteiger partial charge in [-0.2, -0.15) is 0 Å². The maximum absolute atomic E-state index is 13.1. The molecule has 0 saturated carbocycles. The first-order valence-corrected chi connectivity index (χ1v) is 11.2. The van der Waals surface area contributed by atoms with Gasteiger partial charge in [0.25, 0.3) is 0 Å². The van der Waals surface area contributed by atoms with Gasteiger partial charge in [0.1, 0.15) is 5.82 Å². The third-order valence-electron chi connectivity index (χ3n) is 5.08. The molecule has 2 aromatic carbocycles. The first-order chi connectivity index (χ1) is 14.8. The summed E-state index contributed by atoms with van der Waals surface area (Å²) in [7, 11) is -1.31. The summed E-state index contributed by atoms with van der Waals surface area (Å²) in [6.45, 7) is 5.57. The molecule has 0 aliphatic carbocycles. The van der Waals surface area contributed by atoms with Crippen LogP contribution in [0.25, 0.3) is 0 Å². The molecule has 5 nitrogen and oxygen atoms in total. The van der Waals surface area contributed by atoms with Crippen molar-refractivity contribution < 1.29 is 22.9 Å². The zero-order valence-electron chi connectivity index (χ0n) is 17.7. The Labute approximate surface area is 183 Å². The molecule has 0 amide bonds. The van der Waals surface area contributed by atoms with E-state index in [2.05, 4.69) is 0 Å². The minimum atomic E-state index is -1.31. The van der Waals surface area contributed by atoms with Gasteiger partial charge >= 0.3 is 5.97 Å². The lowest BCUT2D eigenvalue weighted by molar-refractivity contribution is 0.0471. The highest BCUT2D eigenvalue weighted by molar-refractivity contribution is 7.85. The van der Waals surface area contributed by atoms with Crippen molar-refractivity contribution in [3.63, 3.8) is 0 Å². The van der Waals surface area contributed by atoms with Gasteiger partial charge < -0.3 is 9.30 Å². The molecule has 0 radical (unpaired) electrons. The van der Waals surface area contributed by atoms with E-state index in [0.29, 0.717) is 22.8 Å². The van der Waals surface area contributed by atoms with E-state index < -0.39 is 23.4 Å². The molecule has 0 spiro atoms. The van der Waals surface area contributed by atoms with Crippen molar-refractivity contribution in [1.29, 1.82) is 0 Å². The summed E-state index contributed by atoms with van der Waals surface area (Å²) >= 11 is 0. The summed E-state index contributed by atoms with van der Waals surface area (Å²) in [6.07, 6.45) is 0.